The number of fused-ring (bicyclic) bond motifs is 1. The third-order valence-electron chi connectivity index (χ3n) is 10.6. The summed E-state index contributed by atoms with van der Waals surface area (Å²) in [5, 5.41) is 126. The number of aliphatic hydroxyl groups is 7. The lowest BCUT2D eigenvalue weighted by Gasteiger charge is -2.44. The van der Waals surface area contributed by atoms with Crippen molar-refractivity contribution in [2.24, 2.45) is 0 Å². The Kier molecular flexibility index (Phi) is 13.2. The van der Waals surface area contributed by atoms with Gasteiger partial charge in [-0.05, 0) is 48.9 Å². The van der Waals surface area contributed by atoms with Gasteiger partial charge in [0.1, 0.15) is 77.6 Å². The molecule has 3 fully saturated rings. The summed E-state index contributed by atoms with van der Waals surface area (Å²) in [6.45, 7) is -0.891. The normalized spacial score (nSPS) is 32.3. The summed E-state index contributed by atoms with van der Waals surface area (Å²) >= 11 is 0. The molecule has 3 aliphatic rings. The van der Waals surface area contributed by atoms with Crippen molar-refractivity contribution in [1.82, 2.24) is 0 Å². The van der Waals surface area contributed by atoms with E-state index in [1.807, 2.05) is 0 Å². The molecule has 1 aromatic heterocycles. The lowest BCUT2D eigenvalue weighted by Crippen LogP contribution is -2.63. The predicted molar refractivity (Wildman–Crippen MR) is 208 cm³/mol. The second-order valence-corrected chi connectivity index (χ2v) is 15.1. The number of hydrogen-bond acceptors (Lipinski definition) is 22. The van der Waals surface area contributed by atoms with Crippen LogP contribution in [0.2, 0.25) is 0 Å². The van der Waals surface area contributed by atoms with E-state index in [1.165, 1.54) is 43.3 Å². The SMILES string of the molecule is C[C@@H]1O[C@@H](OC[C@H]2O[C@@H](Oc3c(-c4ccc(O)c(O)c4)oc4cc(O)cc(O)c4c3=O)[C@H](O[C@@H]3OC[C@](O)(COC(=O)/C=C/c4ccc(O)cc4)[C@H]3O)[C@@H](O)[C@@H]2O)[C@H](O)[C@H](O)[C@H]1O. The van der Waals surface area contributed by atoms with Crippen LogP contribution >= 0.6 is 0 Å². The number of rotatable bonds is 12. The highest BCUT2D eigenvalue weighted by atomic mass is 16.8. The number of ether oxygens (including phenoxy) is 7. The summed E-state index contributed by atoms with van der Waals surface area (Å²) in [5.41, 5.74) is -3.41. The van der Waals surface area contributed by atoms with Gasteiger partial charge in [0, 0.05) is 23.8 Å². The fourth-order valence-electron chi connectivity index (χ4n) is 7.02. The van der Waals surface area contributed by atoms with Crippen LogP contribution in [0.5, 0.6) is 34.5 Å². The van der Waals surface area contributed by atoms with Crippen LogP contribution in [0.25, 0.3) is 28.4 Å². The molecule has 0 bridgehead atoms. The van der Waals surface area contributed by atoms with Crippen LogP contribution in [0.4, 0.5) is 0 Å². The number of phenolic OH excluding ortho intramolecular Hbond substituents is 5. The van der Waals surface area contributed by atoms with E-state index in [2.05, 4.69) is 0 Å². The minimum atomic E-state index is -2.31. The maximum atomic E-state index is 14.2. The molecule has 0 radical (unpaired) electrons. The Morgan fingerprint density at radius 3 is 2.24 bits per heavy atom. The monoisotopic (exact) mass is 888 g/mol. The van der Waals surface area contributed by atoms with Crippen molar-refractivity contribution >= 4 is 23.0 Å². The Morgan fingerprint density at radius 2 is 1.52 bits per heavy atom. The van der Waals surface area contributed by atoms with E-state index in [9.17, 15) is 70.9 Å². The summed E-state index contributed by atoms with van der Waals surface area (Å²) in [4.78, 5) is 26.7. The molecule has 22 heteroatoms. The van der Waals surface area contributed by atoms with Crippen molar-refractivity contribution in [2.45, 2.75) is 86.3 Å². The second kappa shape index (κ2) is 18.2. The second-order valence-electron chi connectivity index (χ2n) is 15.1. The standard InChI is InChI=1S/C41H44O22/c1-16-28(48)31(51)33(53)38(59-16)56-13-25-29(49)32(52)36(63-40-37(54)41(55,15-58-40)14-57-26(47)9-4-17-2-6-19(42)7-3-17)39(61-25)62-35-30(50)27-23(46)11-20(43)12-24(27)60-34(35)18-5-8-21(44)22(45)10-18/h2-12,16,25,28-29,31-33,36-40,42-46,48-49,51-55H,13-15H2,1H3/b9-4+/t16-,25+,28-,29+,31+,32-,33+,36+,37-,38+,39-,40-,41+/m0/s1. The van der Waals surface area contributed by atoms with Gasteiger partial charge in [-0.1, -0.05) is 12.1 Å². The molecule has 0 saturated carbocycles. The zero-order valence-corrected chi connectivity index (χ0v) is 32.8. The van der Waals surface area contributed by atoms with Crippen LogP contribution in [0.3, 0.4) is 0 Å². The maximum Gasteiger partial charge on any atom is 0.330 e. The van der Waals surface area contributed by atoms with Crippen molar-refractivity contribution in [3.8, 4) is 45.8 Å². The van der Waals surface area contributed by atoms with E-state index >= 15 is 0 Å². The average Bonchev–Trinajstić information content (AvgIpc) is 3.53. The molecule has 0 spiro atoms. The first-order valence-corrected chi connectivity index (χ1v) is 19.2. The third kappa shape index (κ3) is 9.38. The van der Waals surface area contributed by atoms with Crippen molar-refractivity contribution in [1.29, 1.82) is 0 Å². The Balaban J connectivity index is 1.18. The quantitative estimate of drug-likeness (QED) is 0.0449. The van der Waals surface area contributed by atoms with E-state index in [4.69, 9.17) is 37.6 Å². The molecular formula is C41H44O22. The minimum absolute atomic E-state index is 0.00271. The van der Waals surface area contributed by atoms with Crippen LogP contribution in [0.1, 0.15) is 12.5 Å². The molecule has 7 rings (SSSR count). The zero-order valence-electron chi connectivity index (χ0n) is 32.8. The Labute approximate surface area is 354 Å². The first-order valence-electron chi connectivity index (χ1n) is 19.2. The first kappa shape index (κ1) is 45.4. The fraction of sp³-hybridized carbons (Fsp3) is 0.415. The smallest absolute Gasteiger partial charge is 0.330 e. The van der Waals surface area contributed by atoms with E-state index < -0.39 is 151 Å². The molecular weight excluding hydrogens is 844 g/mol. The highest BCUT2D eigenvalue weighted by molar-refractivity contribution is 5.88. The van der Waals surface area contributed by atoms with E-state index in [0.717, 1.165) is 30.3 Å². The molecule has 0 unspecified atom stereocenters. The summed E-state index contributed by atoms with van der Waals surface area (Å²) in [7, 11) is 0. The molecule has 3 aromatic carbocycles. The summed E-state index contributed by atoms with van der Waals surface area (Å²) in [6, 6.07) is 10.8. The van der Waals surface area contributed by atoms with Gasteiger partial charge < -0.3 is 98.9 Å². The summed E-state index contributed by atoms with van der Waals surface area (Å²) in [6.07, 6.45) is -18.9. The summed E-state index contributed by atoms with van der Waals surface area (Å²) < 4.78 is 45.5. The number of aliphatic hydroxyl groups excluding tert-OH is 6. The van der Waals surface area contributed by atoms with Crippen LogP contribution in [0, 0.1) is 0 Å². The van der Waals surface area contributed by atoms with Crippen molar-refractivity contribution in [3.63, 3.8) is 0 Å². The predicted octanol–water partition coefficient (Wildman–Crippen LogP) is -1.25. The van der Waals surface area contributed by atoms with Gasteiger partial charge in [-0.2, -0.15) is 0 Å². The summed E-state index contributed by atoms with van der Waals surface area (Å²) in [5.74, 6) is -4.77. The molecule has 4 heterocycles. The van der Waals surface area contributed by atoms with Crippen molar-refractivity contribution < 1.29 is 104 Å². The van der Waals surface area contributed by atoms with E-state index in [0.29, 0.717) is 5.56 Å². The van der Waals surface area contributed by atoms with Crippen molar-refractivity contribution in [3.05, 3.63) is 76.5 Å². The van der Waals surface area contributed by atoms with Gasteiger partial charge in [-0.3, -0.25) is 4.79 Å². The van der Waals surface area contributed by atoms with Gasteiger partial charge in [-0.25, -0.2) is 4.79 Å². The lowest BCUT2D eigenvalue weighted by atomic mass is 9.97. The molecule has 4 aromatic rings. The van der Waals surface area contributed by atoms with Gasteiger partial charge in [0.05, 0.1) is 19.3 Å². The topological polar surface area (TPSA) is 355 Å². The molecule has 22 nitrogen and oxygen atoms in total. The number of esters is 1. The number of carbonyl (C=O) groups excluding carboxylic acids is 1. The van der Waals surface area contributed by atoms with Crippen LogP contribution in [-0.4, -0.2) is 166 Å². The number of phenols is 5. The number of benzene rings is 3. The molecule has 3 saturated heterocycles. The highest BCUT2D eigenvalue weighted by Crippen LogP contribution is 2.40. The maximum absolute atomic E-state index is 14.2. The van der Waals surface area contributed by atoms with Crippen LogP contribution in [-0.2, 0) is 33.2 Å². The van der Waals surface area contributed by atoms with Crippen LogP contribution < -0.4 is 10.2 Å². The molecule has 0 aliphatic carbocycles. The van der Waals surface area contributed by atoms with Gasteiger partial charge >= 0.3 is 5.97 Å². The highest BCUT2D eigenvalue weighted by Gasteiger charge is 2.55. The largest absolute Gasteiger partial charge is 0.508 e. The van der Waals surface area contributed by atoms with E-state index in [-0.39, 0.29) is 16.9 Å². The van der Waals surface area contributed by atoms with Gasteiger partial charge in [0.2, 0.25) is 17.5 Å². The minimum Gasteiger partial charge on any atom is -0.508 e. The lowest BCUT2D eigenvalue weighted by molar-refractivity contribution is -0.335. The molecule has 340 valence electrons. The average molecular weight is 889 g/mol. The molecule has 0 amide bonds. The number of aromatic hydroxyl groups is 5. The molecule has 13 atom stereocenters. The number of carbonyl (C=O) groups is 1. The van der Waals surface area contributed by atoms with Gasteiger partial charge in [-0.15, -0.1) is 0 Å². The zero-order chi connectivity index (χ0) is 45.5. The Hall–Kier alpha value is -5.60. The van der Waals surface area contributed by atoms with Gasteiger partial charge in [0.15, 0.2) is 41.5 Å². The first-order chi connectivity index (χ1) is 29.8. The molecule has 12 N–H and O–H groups in total. The third-order valence-corrected chi connectivity index (χ3v) is 10.6. The van der Waals surface area contributed by atoms with E-state index in [1.54, 1.807) is 0 Å². The number of hydrogen-bond donors (Lipinski definition) is 12. The fourth-order valence-corrected chi connectivity index (χ4v) is 7.02. The Morgan fingerprint density at radius 1 is 0.794 bits per heavy atom. The van der Waals surface area contributed by atoms with Gasteiger partial charge in [0.25, 0.3) is 0 Å². The molecule has 3 aliphatic heterocycles. The Bertz CT molecular complexity index is 2370. The van der Waals surface area contributed by atoms with Crippen molar-refractivity contribution in [2.75, 3.05) is 19.8 Å². The van der Waals surface area contributed by atoms with Crippen LogP contribution in [0.15, 0.2) is 69.9 Å². The molecule has 63 heavy (non-hydrogen) atoms.